The Bertz CT molecular complexity index is 1160. The highest BCUT2D eigenvalue weighted by atomic mass is 16.1. The SMILES string of the molecule is CC(CCCC1CCCC(CNC(=O)c2ccccc2N)CC1)c1nc(N(C)C)c2ccccc2n1. The van der Waals surface area contributed by atoms with Crippen molar-refractivity contribution < 1.29 is 4.79 Å². The summed E-state index contributed by atoms with van der Waals surface area (Å²) in [7, 11) is 4.09. The molecule has 3 atom stereocenters. The van der Waals surface area contributed by atoms with Crippen LogP contribution in [0.5, 0.6) is 0 Å². The lowest BCUT2D eigenvalue weighted by molar-refractivity contribution is 0.0946. The molecule has 0 spiro atoms. The lowest BCUT2D eigenvalue weighted by atomic mass is 9.91. The maximum atomic E-state index is 12.5. The van der Waals surface area contributed by atoms with Crippen LogP contribution in [0.2, 0.25) is 0 Å². The van der Waals surface area contributed by atoms with Gasteiger partial charge in [0.2, 0.25) is 0 Å². The van der Waals surface area contributed by atoms with E-state index >= 15 is 0 Å². The summed E-state index contributed by atoms with van der Waals surface area (Å²) >= 11 is 0. The smallest absolute Gasteiger partial charge is 0.253 e. The Hall–Kier alpha value is -3.15. The first-order chi connectivity index (χ1) is 17.4. The Labute approximate surface area is 215 Å². The minimum atomic E-state index is -0.0591. The van der Waals surface area contributed by atoms with E-state index in [1.165, 1.54) is 44.9 Å². The van der Waals surface area contributed by atoms with E-state index in [0.717, 1.165) is 41.4 Å². The molecule has 0 saturated heterocycles. The number of nitrogens with zero attached hydrogens (tertiary/aromatic N) is 3. The fourth-order valence-electron chi connectivity index (χ4n) is 5.46. The van der Waals surface area contributed by atoms with Gasteiger partial charge in [0.15, 0.2) is 0 Å². The molecule has 6 nitrogen and oxygen atoms in total. The fourth-order valence-corrected chi connectivity index (χ4v) is 5.46. The molecule has 36 heavy (non-hydrogen) atoms. The van der Waals surface area contributed by atoms with Crippen molar-refractivity contribution in [2.75, 3.05) is 31.3 Å². The van der Waals surface area contributed by atoms with Gasteiger partial charge in [-0.3, -0.25) is 4.79 Å². The lowest BCUT2D eigenvalue weighted by Gasteiger charge is -2.19. The van der Waals surface area contributed by atoms with E-state index in [9.17, 15) is 4.79 Å². The van der Waals surface area contributed by atoms with Gasteiger partial charge in [0, 0.05) is 37.6 Å². The van der Waals surface area contributed by atoms with Crippen LogP contribution < -0.4 is 16.0 Å². The Morgan fingerprint density at radius 1 is 1.03 bits per heavy atom. The molecule has 0 radical (unpaired) electrons. The molecule has 2 aromatic carbocycles. The Morgan fingerprint density at radius 3 is 2.56 bits per heavy atom. The third kappa shape index (κ3) is 6.54. The highest BCUT2D eigenvalue weighted by Crippen LogP contribution is 2.32. The molecule has 4 rings (SSSR count). The monoisotopic (exact) mass is 487 g/mol. The van der Waals surface area contributed by atoms with Crippen LogP contribution >= 0.6 is 0 Å². The van der Waals surface area contributed by atoms with Crippen molar-refractivity contribution in [2.45, 2.75) is 64.2 Å². The highest BCUT2D eigenvalue weighted by Gasteiger charge is 2.21. The van der Waals surface area contributed by atoms with Crippen molar-refractivity contribution in [1.82, 2.24) is 15.3 Å². The number of carbonyl (C=O) groups is 1. The van der Waals surface area contributed by atoms with Crippen LogP contribution in [0.25, 0.3) is 10.9 Å². The summed E-state index contributed by atoms with van der Waals surface area (Å²) in [5.74, 6) is 3.56. The molecule has 1 heterocycles. The van der Waals surface area contributed by atoms with Gasteiger partial charge in [-0.1, -0.05) is 63.3 Å². The van der Waals surface area contributed by atoms with E-state index in [2.05, 4.69) is 29.3 Å². The van der Waals surface area contributed by atoms with Crippen molar-refractivity contribution in [3.63, 3.8) is 0 Å². The van der Waals surface area contributed by atoms with Crippen molar-refractivity contribution in [2.24, 2.45) is 11.8 Å². The zero-order chi connectivity index (χ0) is 25.5. The average molecular weight is 488 g/mol. The van der Waals surface area contributed by atoms with E-state index in [1.807, 2.05) is 38.4 Å². The summed E-state index contributed by atoms with van der Waals surface area (Å²) in [6.45, 7) is 3.00. The second-order valence-corrected chi connectivity index (χ2v) is 10.7. The van der Waals surface area contributed by atoms with Crippen LogP contribution in [0.1, 0.15) is 80.4 Å². The highest BCUT2D eigenvalue weighted by molar-refractivity contribution is 5.99. The summed E-state index contributed by atoms with van der Waals surface area (Å²) in [6.07, 6.45) is 9.74. The number of nitrogens with two attached hydrogens (primary N) is 1. The maximum absolute atomic E-state index is 12.5. The van der Waals surface area contributed by atoms with Crippen molar-refractivity contribution in [1.29, 1.82) is 0 Å². The predicted octanol–water partition coefficient (Wildman–Crippen LogP) is 6.18. The van der Waals surface area contributed by atoms with Crippen LogP contribution in [0, 0.1) is 11.8 Å². The Balaban J connectivity index is 1.24. The molecule has 3 N–H and O–H groups in total. The Kier molecular flexibility index (Phi) is 8.79. The predicted molar refractivity (Wildman–Crippen MR) is 149 cm³/mol. The summed E-state index contributed by atoms with van der Waals surface area (Å²) in [5, 5.41) is 4.22. The molecule has 1 saturated carbocycles. The second kappa shape index (κ2) is 12.2. The number of fused-ring (bicyclic) bond motifs is 1. The van der Waals surface area contributed by atoms with E-state index in [1.54, 1.807) is 12.1 Å². The van der Waals surface area contributed by atoms with Gasteiger partial charge >= 0.3 is 0 Å². The fraction of sp³-hybridized carbons (Fsp3) is 0.500. The minimum absolute atomic E-state index is 0.0591. The number of para-hydroxylation sites is 2. The van der Waals surface area contributed by atoms with E-state index in [4.69, 9.17) is 15.7 Å². The molecule has 1 aliphatic rings. The van der Waals surface area contributed by atoms with Crippen molar-refractivity contribution >= 4 is 28.3 Å². The molecular formula is C30H41N5O. The normalized spacial score (nSPS) is 19.0. The summed E-state index contributed by atoms with van der Waals surface area (Å²) in [5.41, 5.74) is 8.09. The topological polar surface area (TPSA) is 84.1 Å². The largest absolute Gasteiger partial charge is 0.398 e. The second-order valence-electron chi connectivity index (χ2n) is 10.7. The zero-order valence-electron chi connectivity index (χ0n) is 22.0. The number of rotatable bonds is 9. The molecule has 192 valence electrons. The molecule has 3 unspecified atom stereocenters. The van der Waals surface area contributed by atoms with Crippen molar-refractivity contribution in [3.8, 4) is 0 Å². The average Bonchev–Trinajstić information content (AvgIpc) is 3.12. The third-order valence-electron chi connectivity index (χ3n) is 7.68. The molecule has 6 heteroatoms. The molecule has 0 aliphatic heterocycles. The summed E-state index contributed by atoms with van der Waals surface area (Å²) < 4.78 is 0. The zero-order valence-corrected chi connectivity index (χ0v) is 22.0. The van der Waals surface area contributed by atoms with Crippen LogP contribution in [0.15, 0.2) is 48.5 Å². The summed E-state index contributed by atoms with van der Waals surface area (Å²) in [4.78, 5) is 24.4. The van der Waals surface area contributed by atoms with Crippen molar-refractivity contribution in [3.05, 3.63) is 59.9 Å². The first kappa shape index (κ1) is 25.9. The molecular weight excluding hydrogens is 446 g/mol. The first-order valence-corrected chi connectivity index (χ1v) is 13.5. The van der Waals surface area contributed by atoms with Crippen LogP contribution in [0.3, 0.4) is 0 Å². The molecule has 0 bridgehead atoms. The Morgan fingerprint density at radius 2 is 1.75 bits per heavy atom. The first-order valence-electron chi connectivity index (χ1n) is 13.5. The molecule has 1 aromatic heterocycles. The van der Waals surface area contributed by atoms with E-state index < -0.39 is 0 Å². The van der Waals surface area contributed by atoms with Gasteiger partial charge in [0.05, 0.1) is 11.1 Å². The molecule has 3 aromatic rings. The molecule has 1 fully saturated rings. The molecule has 1 aliphatic carbocycles. The van der Waals surface area contributed by atoms with Gasteiger partial charge in [-0.2, -0.15) is 0 Å². The van der Waals surface area contributed by atoms with Crippen LogP contribution in [0.4, 0.5) is 11.5 Å². The number of hydrogen-bond acceptors (Lipinski definition) is 5. The number of amides is 1. The third-order valence-corrected chi connectivity index (χ3v) is 7.68. The van der Waals surface area contributed by atoms with Gasteiger partial charge in [-0.15, -0.1) is 0 Å². The molecule has 1 amide bonds. The van der Waals surface area contributed by atoms with E-state index in [0.29, 0.717) is 23.1 Å². The minimum Gasteiger partial charge on any atom is -0.398 e. The number of carbonyl (C=O) groups excluding carboxylic acids is 1. The number of benzene rings is 2. The number of nitrogen functional groups attached to an aromatic ring is 1. The van der Waals surface area contributed by atoms with E-state index in [-0.39, 0.29) is 5.91 Å². The van der Waals surface area contributed by atoms with Gasteiger partial charge in [-0.05, 0) is 55.4 Å². The summed E-state index contributed by atoms with van der Waals surface area (Å²) in [6, 6.07) is 15.6. The number of aromatic nitrogens is 2. The van der Waals surface area contributed by atoms with Crippen LogP contribution in [-0.2, 0) is 0 Å². The number of anilines is 2. The van der Waals surface area contributed by atoms with Gasteiger partial charge < -0.3 is 16.0 Å². The number of hydrogen-bond donors (Lipinski definition) is 2. The van der Waals surface area contributed by atoms with Gasteiger partial charge in [0.25, 0.3) is 5.91 Å². The van der Waals surface area contributed by atoms with Gasteiger partial charge in [-0.25, -0.2) is 9.97 Å². The van der Waals surface area contributed by atoms with Crippen LogP contribution in [-0.4, -0.2) is 36.5 Å². The lowest BCUT2D eigenvalue weighted by Crippen LogP contribution is -2.29. The maximum Gasteiger partial charge on any atom is 0.253 e. The standard InChI is InChI=1S/C30H41N5O/c1-21(28-33-27-17-7-5-15-25(27)29(34-28)35(2)3)10-8-11-22-12-9-13-23(19-18-22)20-32-30(36)24-14-4-6-16-26(24)31/h4-7,14-17,21-23H,8-13,18-20,31H2,1-3H3,(H,32,36). The van der Waals surface area contributed by atoms with Gasteiger partial charge in [0.1, 0.15) is 11.6 Å². The number of nitrogens with one attached hydrogen (secondary N) is 1. The quantitative estimate of drug-likeness (QED) is 0.278.